The van der Waals surface area contributed by atoms with Gasteiger partial charge in [-0.05, 0) is 83.9 Å². The Kier molecular flexibility index (Phi) is 12.5. The van der Waals surface area contributed by atoms with Crippen molar-refractivity contribution in [2.45, 2.75) is 13.2 Å². The van der Waals surface area contributed by atoms with Crippen molar-refractivity contribution in [1.29, 1.82) is 0 Å². The number of hydrogen-bond acceptors (Lipinski definition) is 8. The highest BCUT2D eigenvalue weighted by atomic mass is 35.5. The minimum absolute atomic E-state index is 0. The van der Waals surface area contributed by atoms with Gasteiger partial charge in [-0.15, -0.1) is 37.2 Å². The topological polar surface area (TPSA) is 127 Å². The molecule has 0 aliphatic rings. The molecule has 10 aromatic rings. The van der Waals surface area contributed by atoms with Gasteiger partial charge in [-0.25, -0.2) is 9.97 Å². The quantitative estimate of drug-likeness (QED) is 0.170. The first-order chi connectivity index (χ1) is 26.6. The Morgan fingerprint density at radius 3 is 1.30 bits per heavy atom. The second-order valence-electron chi connectivity index (χ2n) is 12.9. The van der Waals surface area contributed by atoms with Crippen LogP contribution in [0.2, 0.25) is 0 Å². The molecule has 0 atom stereocenters. The van der Waals surface area contributed by atoms with Crippen LogP contribution in [-0.4, -0.2) is 48.9 Å². The lowest BCUT2D eigenvalue weighted by atomic mass is 10.1. The fraction of sp³-hybridized carbons (Fsp3) is 0.0455. The van der Waals surface area contributed by atoms with Gasteiger partial charge in [0.25, 0.3) is 0 Å². The second-order valence-corrected chi connectivity index (χ2v) is 12.9. The molecule has 0 unspecified atom stereocenters. The first-order valence-corrected chi connectivity index (χ1v) is 17.4. The van der Waals surface area contributed by atoms with Crippen molar-refractivity contribution in [3.63, 3.8) is 0 Å². The Labute approximate surface area is 345 Å². The second kappa shape index (κ2) is 17.7. The summed E-state index contributed by atoms with van der Waals surface area (Å²) in [6, 6.07) is 35.7. The van der Waals surface area contributed by atoms with Crippen molar-refractivity contribution in [1.82, 2.24) is 38.7 Å². The SMILES string of the molecule is Cl.Cl.Cl.OCc1ccnc(-c2ccc3nc(-c4cnc5ccccc5c4)cn3c2)c1.OCc1ccnc(-c2ccc3nc(-c4cnc5ccccc5c4)cn3c2)c1. The summed E-state index contributed by atoms with van der Waals surface area (Å²) in [7, 11) is 0. The standard InChI is InChI=1S/2C22H16N4O.3ClH/c2*27-14-15-7-8-23-20(9-15)17-5-6-22-25-21(13-26(22)12-17)18-10-16-3-1-2-4-19(16)24-11-18;;;/h2*1-13,27H,14H2;3*1H. The van der Waals surface area contributed by atoms with E-state index in [9.17, 15) is 10.2 Å². The van der Waals surface area contributed by atoms with E-state index in [1.165, 1.54) is 0 Å². The predicted molar refractivity (Wildman–Crippen MR) is 232 cm³/mol. The van der Waals surface area contributed by atoms with Crippen molar-refractivity contribution >= 4 is 70.3 Å². The molecule has 284 valence electrons. The molecule has 0 radical (unpaired) electrons. The third kappa shape index (κ3) is 8.46. The van der Waals surface area contributed by atoms with E-state index in [-0.39, 0.29) is 50.4 Å². The van der Waals surface area contributed by atoms with Crippen LogP contribution in [0.4, 0.5) is 0 Å². The molecule has 8 heterocycles. The molecule has 0 saturated carbocycles. The zero-order valence-corrected chi connectivity index (χ0v) is 32.6. The smallest absolute Gasteiger partial charge is 0.137 e. The van der Waals surface area contributed by atoms with Crippen molar-refractivity contribution < 1.29 is 10.2 Å². The van der Waals surface area contributed by atoms with Crippen LogP contribution in [0.15, 0.2) is 159 Å². The molecule has 10 rings (SSSR count). The fourth-order valence-corrected chi connectivity index (χ4v) is 6.45. The van der Waals surface area contributed by atoms with Crippen LogP contribution in [0.5, 0.6) is 0 Å². The fourth-order valence-electron chi connectivity index (χ4n) is 6.45. The Morgan fingerprint density at radius 2 is 0.860 bits per heavy atom. The minimum Gasteiger partial charge on any atom is -0.392 e. The lowest BCUT2D eigenvalue weighted by molar-refractivity contribution is 0.281. The van der Waals surface area contributed by atoms with Crippen LogP contribution in [0, 0.1) is 0 Å². The van der Waals surface area contributed by atoms with Gasteiger partial charge in [-0.3, -0.25) is 19.9 Å². The van der Waals surface area contributed by atoms with Gasteiger partial charge < -0.3 is 19.0 Å². The number of aromatic nitrogens is 8. The molecule has 0 fully saturated rings. The Morgan fingerprint density at radius 1 is 0.421 bits per heavy atom. The molecular formula is C44H35Cl3N8O2. The van der Waals surface area contributed by atoms with Crippen LogP contribution in [0.25, 0.3) is 78.1 Å². The highest BCUT2D eigenvalue weighted by Gasteiger charge is 2.10. The van der Waals surface area contributed by atoms with Gasteiger partial charge in [0, 0.05) is 82.6 Å². The third-order valence-corrected chi connectivity index (χ3v) is 9.28. The average Bonchev–Trinajstić information content (AvgIpc) is 3.88. The van der Waals surface area contributed by atoms with Crippen molar-refractivity contribution in [2.24, 2.45) is 0 Å². The van der Waals surface area contributed by atoms with Gasteiger partial charge in [0.2, 0.25) is 0 Å². The largest absolute Gasteiger partial charge is 0.392 e. The summed E-state index contributed by atoms with van der Waals surface area (Å²) >= 11 is 0. The monoisotopic (exact) mass is 812 g/mol. The van der Waals surface area contributed by atoms with E-state index in [0.717, 1.165) is 89.3 Å². The van der Waals surface area contributed by atoms with E-state index in [1.54, 1.807) is 12.4 Å². The number of halogens is 3. The van der Waals surface area contributed by atoms with E-state index >= 15 is 0 Å². The summed E-state index contributed by atoms with van der Waals surface area (Å²) in [6.45, 7) is 0.00387. The Bertz CT molecular complexity index is 2770. The van der Waals surface area contributed by atoms with Gasteiger partial charge in [-0.1, -0.05) is 36.4 Å². The average molecular weight is 814 g/mol. The molecule has 2 aromatic carbocycles. The molecule has 0 aliphatic carbocycles. The van der Waals surface area contributed by atoms with Crippen LogP contribution < -0.4 is 0 Å². The highest BCUT2D eigenvalue weighted by Crippen LogP contribution is 2.27. The number of imidazole rings is 2. The summed E-state index contributed by atoms with van der Waals surface area (Å²) in [5, 5.41) is 20.9. The van der Waals surface area contributed by atoms with E-state index in [0.29, 0.717) is 0 Å². The maximum atomic E-state index is 9.34. The lowest BCUT2D eigenvalue weighted by Gasteiger charge is -2.03. The first kappa shape index (κ1) is 40.4. The molecule has 2 N–H and O–H groups in total. The van der Waals surface area contributed by atoms with Gasteiger partial charge in [-0.2, -0.15) is 0 Å². The number of benzene rings is 2. The normalized spacial score (nSPS) is 10.7. The maximum absolute atomic E-state index is 9.34. The van der Waals surface area contributed by atoms with Crippen LogP contribution in [0.3, 0.4) is 0 Å². The summed E-state index contributed by atoms with van der Waals surface area (Å²) < 4.78 is 3.99. The molecule has 10 nitrogen and oxygen atoms in total. The molecule has 0 spiro atoms. The number of rotatable bonds is 6. The van der Waals surface area contributed by atoms with E-state index < -0.39 is 0 Å². The number of pyridine rings is 6. The van der Waals surface area contributed by atoms with E-state index in [4.69, 9.17) is 9.97 Å². The van der Waals surface area contributed by atoms with E-state index in [1.807, 2.05) is 131 Å². The Hall–Kier alpha value is -6.27. The molecular weight excluding hydrogens is 779 g/mol. The zero-order chi connectivity index (χ0) is 36.4. The van der Waals surface area contributed by atoms with Gasteiger partial charge in [0.15, 0.2) is 0 Å². The third-order valence-electron chi connectivity index (χ3n) is 9.28. The Balaban J connectivity index is 0.000000183. The summed E-state index contributed by atoms with van der Waals surface area (Å²) in [5.74, 6) is 0. The number of para-hydroxylation sites is 2. The first-order valence-electron chi connectivity index (χ1n) is 17.4. The highest BCUT2D eigenvalue weighted by molar-refractivity contribution is 5.86. The number of fused-ring (bicyclic) bond motifs is 4. The van der Waals surface area contributed by atoms with Crippen molar-refractivity contribution in [3.05, 3.63) is 170 Å². The molecule has 0 aliphatic heterocycles. The number of aliphatic hydroxyl groups excluding tert-OH is 2. The van der Waals surface area contributed by atoms with Crippen molar-refractivity contribution in [3.8, 4) is 45.0 Å². The molecule has 57 heavy (non-hydrogen) atoms. The summed E-state index contributed by atoms with van der Waals surface area (Å²) in [5.41, 5.74) is 12.7. The molecule has 0 saturated heterocycles. The van der Waals surface area contributed by atoms with Gasteiger partial charge >= 0.3 is 0 Å². The number of nitrogens with zero attached hydrogens (tertiary/aromatic N) is 8. The van der Waals surface area contributed by atoms with Crippen LogP contribution in [0.1, 0.15) is 11.1 Å². The minimum atomic E-state index is 0. The number of hydrogen-bond donors (Lipinski definition) is 2. The summed E-state index contributed by atoms with van der Waals surface area (Å²) in [6.07, 6.45) is 15.2. The van der Waals surface area contributed by atoms with Gasteiger partial charge in [0.1, 0.15) is 11.3 Å². The molecule has 13 heteroatoms. The van der Waals surface area contributed by atoms with Crippen LogP contribution in [-0.2, 0) is 13.2 Å². The maximum Gasteiger partial charge on any atom is 0.137 e. The zero-order valence-electron chi connectivity index (χ0n) is 30.1. The van der Waals surface area contributed by atoms with Crippen molar-refractivity contribution in [2.75, 3.05) is 0 Å². The van der Waals surface area contributed by atoms with Gasteiger partial charge in [0.05, 0.1) is 47.0 Å². The van der Waals surface area contributed by atoms with E-state index in [2.05, 4.69) is 44.2 Å². The predicted octanol–water partition coefficient (Wildman–Crippen LogP) is 9.47. The van der Waals surface area contributed by atoms with Crippen LogP contribution >= 0.6 is 37.2 Å². The molecule has 8 aromatic heterocycles. The molecule has 0 amide bonds. The summed E-state index contributed by atoms with van der Waals surface area (Å²) in [4.78, 5) is 27.3. The number of aliphatic hydroxyl groups is 2. The lowest BCUT2D eigenvalue weighted by Crippen LogP contribution is -1.90. The molecule has 0 bridgehead atoms.